The summed E-state index contributed by atoms with van der Waals surface area (Å²) < 4.78 is 0. The van der Waals surface area contributed by atoms with Gasteiger partial charge in [0.15, 0.2) is 0 Å². The van der Waals surface area contributed by atoms with Gasteiger partial charge in [-0.15, -0.1) is 0 Å². The molecule has 0 aromatic heterocycles. The molecule has 0 saturated carbocycles. The van der Waals surface area contributed by atoms with Crippen molar-refractivity contribution in [2.45, 2.75) is 40.0 Å². The van der Waals surface area contributed by atoms with Crippen molar-refractivity contribution in [3.63, 3.8) is 0 Å². The van der Waals surface area contributed by atoms with Gasteiger partial charge < -0.3 is 15.7 Å². The molecule has 5 heteroatoms. The van der Waals surface area contributed by atoms with Gasteiger partial charge in [0.2, 0.25) is 5.91 Å². The minimum Gasteiger partial charge on any atom is -0.481 e. The van der Waals surface area contributed by atoms with Crippen molar-refractivity contribution in [2.24, 2.45) is 17.3 Å². The van der Waals surface area contributed by atoms with Gasteiger partial charge in [0, 0.05) is 18.4 Å². The topological polar surface area (TPSA) is 78.4 Å². The highest BCUT2D eigenvalue weighted by Crippen LogP contribution is 2.31. The molecule has 0 aromatic rings. The average molecular weight is 270 g/mol. The molecule has 3 N–H and O–H groups in total. The maximum atomic E-state index is 12.3. The summed E-state index contributed by atoms with van der Waals surface area (Å²) in [6.45, 7) is 8.12. The minimum absolute atomic E-state index is 0.0263. The third kappa shape index (κ3) is 4.82. The van der Waals surface area contributed by atoms with Crippen LogP contribution in [0, 0.1) is 17.3 Å². The first kappa shape index (κ1) is 16.0. The van der Waals surface area contributed by atoms with Gasteiger partial charge in [-0.1, -0.05) is 20.8 Å². The van der Waals surface area contributed by atoms with Crippen LogP contribution >= 0.6 is 0 Å². The summed E-state index contributed by atoms with van der Waals surface area (Å²) in [6.07, 6.45) is 2.26. The second-order valence-corrected chi connectivity index (χ2v) is 6.18. The Hall–Kier alpha value is -1.10. The standard InChI is InChI=1S/C14H26N2O3/c1-10(7-12(17)18)8-16-13(19)14(2,3)11-5-4-6-15-9-11/h10-11,15H,4-9H2,1-3H3,(H,16,19)(H,17,18). The fourth-order valence-corrected chi connectivity index (χ4v) is 2.52. The first-order chi connectivity index (χ1) is 8.84. The van der Waals surface area contributed by atoms with Crippen LogP contribution in [-0.4, -0.2) is 36.6 Å². The van der Waals surface area contributed by atoms with E-state index in [2.05, 4.69) is 10.6 Å². The lowest BCUT2D eigenvalue weighted by atomic mass is 9.74. The van der Waals surface area contributed by atoms with Crippen molar-refractivity contribution in [2.75, 3.05) is 19.6 Å². The van der Waals surface area contributed by atoms with E-state index in [0.29, 0.717) is 12.5 Å². The second kappa shape index (κ2) is 6.89. The molecule has 0 radical (unpaired) electrons. The Morgan fingerprint density at radius 1 is 1.47 bits per heavy atom. The molecule has 5 nitrogen and oxygen atoms in total. The van der Waals surface area contributed by atoms with Gasteiger partial charge in [0.25, 0.3) is 0 Å². The van der Waals surface area contributed by atoms with Crippen molar-refractivity contribution in [3.8, 4) is 0 Å². The highest BCUT2D eigenvalue weighted by Gasteiger charge is 2.37. The highest BCUT2D eigenvalue weighted by atomic mass is 16.4. The lowest BCUT2D eigenvalue weighted by Crippen LogP contribution is -2.48. The van der Waals surface area contributed by atoms with Crippen LogP contribution in [0.4, 0.5) is 0 Å². The van der Waals surface area contributed by atoms with Crippen LogP contribution in [0.5, 0.6) is 0 Å². The molecule has 1 aliphatic rings. The van der Waals surface area contributed by atoms with Crippen LogP contribution in [0.25, 0.3) is 0 Å². The van der Waals surface area contributed by atoms with Crippen molar-refractivity contribution in [3.05, 3.63) is 0 Å². The van der Waals surface area contributed by atoms with Crippen LogP contribution in [0.15, 0.2) is 0 Å². The van der Waals surface area contributed by atoms with E-state index in [1.165, 1.54) is 0 Å². The van der Waals surface area contributed by atoms with Gasteiger partial charge >= 0.3 is 5.97 Å². The Balaban J connectivity index is 2.44. The third-order valence-electron chi connectivity index (χ3n) is 4.04. The number of nitrogens with one attached hydrogen (secondary N) is 2. The number of carboxylic acids is 1. The zero-order valence-corrected chi connectivity index (χ0v) is 12.2. The predicted molar refractivity (Wildman–Crippen MR) is 73.8 cm³/mol. The lowest BCUT2D eigenvalue weighted by molar-refractivity contribution is -0.138. The number of hydrogen-bond donors (Lipinski definition) is 3. The van der Waals surface area contributed by atoms with Crippen LogP contribution in [0.2, 0.25) is 0 Å². The van der Waals surface area contributed by atoms with E-state index in [1.807, 2.05) is 20.8 Å². The molecule has 2 unspecified atom stereocenters. The van der Waals surface area contributed by atoms with E-state index < -0.39 is 11.4 Å². The first-order valence-electron chi connectivity index (χ1n) is 7.05. The zero-order chi connectivity index (χ0) is 14.5. The average Bonchev–Trinajstić information content (AvgIpc) is 2.36. The van der Waals surface area contributed by atoms with E-state index in [1.54, 1.807) is 0 Å². The summed E-state index contributed by atoms with van der Waals surface area (Å²) >= 11 is 0. The third-order valence-corrected chi connectivity index (χ3v) is 4.04. The van der Waals surface area contributed by atoms with Gasteiger partial charge in [-0.2, -0.15) is 0 Å². The Morgan fingerprint density at radius 3 is 2.68 bits per heavy atom. The largest absolute Gasteiger partial charge is 0.481 e. The molecule has 1 heterocycles. The van der Waals surface area contributed by atoms with Gasteiger partial charge in [0.05, 0.1) is 0 Å². The van der Waals surface area contributed by atoms with E-state index in [-0.39, 0.29) is 18.2 Å². The zero-order valence-electron chi connectivity index (χ0n) is 12.2. The maximum absolute atomic E-state index is 12.3. The molecule has 1 saturated heterocycles. The Kier molecular flexibility index (Phi) is 5.79. The van der Waals surface area contributed by atoms with E-state index >= 15 is 0 Å². The first-order valence-corrected chi connectivity index (χ1v) is 7.05. The molecule has 1 aliphatic heterocycles. The SMILES string of the molecule is CC(CNC(=O)C(C)(C)C1CCCNC1)CC(=O)O. The molecule has 1 amide bonds. The van der Waals surface area contributed by atoms with Crippen LogP contribution < -0.4 is 10.6 Å². The molecule has 110 valence electrons. The fourth-order valence-electron chi connectivity index (χ4n) is 2.52. The number of carbonyl (C=O) groups is 2. The summed E-state index contributed by atoms with van der Waals surface area (Å²) in [5.41, 5.74) is -0.406. The molecule has 0 bridgehead atoms. The van der Waals surface area contributed by atoms with E-state index in [0.717, 1.165) is 25.9 Å². The Bertz CT molecular complexity index is 323. The fraction of sp³-hybridized carbons (Fsp3) is 0.857. The molecule has 0 spiro atoms. The molecule has 0 aromatic carbocycles. The quantitative estimate of drug-likeness (QED) is 0.678. The minimum atomic E-state index is -0.822. The number of piperidine rings is 1. The van der Waals surface area contributed by atoms with Crippen LogP contribution in [0.1, 0.15) is 40.0 Å². The molecule has 19 heavy (non-hydrogen) atoms. The normalized spacial score (nSPS) is 21.7. The van der Waals surface area contributed by atoms with E-state index in [4.69, 9.17) is 5.11 Å². The van der Waals surface area contributed by atoms with Crippen molar-refractivity contribution in [1.29, 1.82) is 0 Å². The van der Waals surface area contributed by atoms with Gasteiger partial charge in [0.1, 0.15) is 0 Å². The van der Waals surface area contributed by atoms with Crippen molar-refractivity contribution in [1.82, 2.24) is 10.6 Å². The number of carbonyl (C=O) groups excluding carboxylic acids is 1. The lowest BCUT2D eigenvalue weighted by Gasteiger charge is -2.36. The van der Waals surface area contributed by atoms with Crippen molar-refractivity contribution < 1.29 is 14.7 Å². The summed E-state index contributed by atoms with van der Waals surface area (Å²) in [4.78, 5) is 22.8. The molecule has 2 atom stereocenters. The number of amides is 1. The number of hydrogen-bond acceptors (Lipinski definition) is 3. The van der Waals surface area contributed by atoms with Crippen LogP contribution in [-0.2, 0) is 9.59 Å². The molecule has 0 aliphatic carbocycles. The van der Waals surface area contributed by atoms with Crippen LogP contribution in [0.3, 0.4) is 0 Å². The Labute approximate surface area is 115 Å². The van der Waals surface area contributed by atoms with Gasteiger partial charge in [-0.25, -0.2) is 0 Å². The number of rotatable bonds is 6. The van der Waals surface area contributed by atoms with Gasteiger partial charge in [-0.3, -0.25) is 9.59 Å². The predicted octanol–water partition coefficient (Wildman–Crippen LogP) is 1.24. The Morgan fingerprint density at radius 2 is 2.16 bits per heavy atom. The summed E-state index contributed by atoms with van der Waals surface area (Å²) in [5.74, 6) is -0.492. The van der Waals surface area contributed by atoms with Gasteiger partial charge in [-0.05, 0) is 37.8 Å². The van der Waals surface area contributed by atoms with E-state index in [9.17, 15) is 9.59 Å². The monoisotopic (exact) mass is 270 g/mol. The molecule has 1 fully saturated rings. The molecular formula is C14H26N2O3. The maximum Gasteiger partial charge on any atom is 0.303 e. The van der Waals surface area contributed by atoms with Crippen molar-refractivity contribution >= 4 is 11.9 Å². The second-order valence-electron chi connectivity index (χ2n) is 6.18. The number of carboxylic acid groups (broad SMARTS) is 1. The number of aliphatic carboxylic acids is 1. The molecular weight excluding hydrogens is 244 g/mol. The summed E-state index contributed by atoms with van der Waals surface area (Å²) in [5, 5.41) is 14.9. The highest BCUT2D eigenvalue weighted by molar-refractivity contribution is 5.82. The molecule has 1 rings (SSSR count). The summed E-state index contributed by atoms with van der Waals surface area (Å²) in [7, 11) is 0. The smallest absolute Gasteiger partial charge is 0.303 e. The summed E-state index contributed by atoms with van der Waals surface area (Å²) in [6, 6.07) is 0.